The zero-order chi connectivity index (χ0) is 35.4. The number of nitrogen functional groups attached to an aromatic ring is 1. The topological polar surface area (TPSA) is 107 Å². The summed E-state index contributed by atoms with van der Waals surface area (Å²) in [5, 5.41) is 2.54. The minimum atomic E-state index is -2.38. The predicted molar refractivity (Wildman–Crippen MR) is 181 cm³/mol. The zero-order valence-electron chi connectivity index (χ0n) is 27.1. The first-order chi connectivity index (χ1) is 23.5. The number of pyridine rings is 1. The molecule has 2 unspecified atom stereocenters. The lowest BCUT2D eigenvalue weighted by Gasteiger charge is -2.28. The number of nitrogens with two attached hydrogens (primary N) is 1. The Labute approximate surface area is 282 Å². The van der Waals surface area contributed by atoms with Gasteiger partial charge in [0.2, 0.25) is 6.41 Å². The van der Waals surface area contributed by atoms with Gasteiger partial charge in [0.1, 0.15) is 35.2 Å². The zero-order valence-corrected chi connectivity index (χ0v) is 27.1. The molecule has 2 atom stereocenters. The van der Waals surface area contributed by atoms with E-state index in [1.54, 1.807) is 36.6 Å². The van der Waals surface area contributed by atoms with Crippen LogP contribution in [0.2, 0.25) is 0 Å². The van der Waals surface area contributed by atoms with E-state index in [4.69, 9.17) is 15.2 Å². The summed E-state index contributed by atoms with van der Waals surface area (Å²) >= 11 is 0. The highest BCUT2D eigenvalue weighted by atomic mass is 19.3. The number of likely N-dealkylation sites (tertiary alicyclic amines) is 1. The fourth-order valence-corrected chi connectivity index (χ4v) is 5.09. The number of carbonyl (C=O) groups is 2. The Kier molecular flexibility index (Phi) is 12.9. The summed E-state index contributed by atoms with van der Waals surface area (Å²) in [6.45, 7) is 3.23. The van der Waals surface area contributed by atoms with Crippen molar-refractivity contribution in [3.05, 3.63) is 125 Å². The SMILES string of the molecule is C/C=C/c1ccc(N)nc1.CN1CCC(F)(F)CC1.O=CNCC1=CC2=CC(c3ccc(C=O)cc3F)=CC(Oc3cccc(F)c3)C2O1. The van der Waals surface area contributed by atoms with Crippen LogP contribution in [0.3, 0.4) is 0 Å². The van der Waals surface area contributed by atoms with Crippen LogP contribution in [0.25, 0.3) is 11.6 Å². The van der Waals surface area contributed by atoms with Crippen molar-refractivity contribution in [2.75, 3.05) is 32.4 Å². The molecule has 49 heavy (non-hydrogen) atoms. The molecule has 3 heterocycles. The van der Waals surface area contributed by atoms with E-state index in [-0.39, 0.29) is 24.9 Å². The number of anilines is 1. The maximum atomic E-state index is 14.6. The molecule has 6 rings (SSSR count). The molecule has 0 spiro atoms. The number of piperidine rings is 1. The number of amides is 1. The Hall–Kier alpha value is -5.23. The molecule has 258 valence electrons. The van der Waals surface area contributed by atoms with Gasteiger partial charge in [-0.2, -0.15) is 0 Å². The molecule has 2 aromatic carbocycles. The second-order valence-corrected chi connectivity index (χ2v) is 11.5. The fourth-order valence-electron chi connectivity index (χ4n) is 5.09. The lowest BCUT2D eigenvalue weighted by Crippen LogP contribution is -2.36. The van der Waals surface area contributed by atoms with Gasteiger partial charge in [-0.25, -0.2) is 22.5 Å². The molecule has 1 aromatic heterocycles. The predicted octanol–water partition coefficient (Wildman–Crippen LogP) is 6.62. The highest BCUT2D eigenvalue weighted by molar-refractivity contribution is 5.81. The number of alkyl halides is 2. The number of aromatic nitrogens is 1. The molecule has 0 saturated carbocycles. The van der Waals surface area contributed by atoms with Gasteiger partial charge >= 0.3 is 0 Å². The number of hydrogen-bond donors (Lipinski definition) is 2. The van der Waals surface area contributed by atoms with Crippen molar-refractivity contribution in [2.24, 2.45) is 0 Å². The lowest BCUT2D eigenvalue weighted by atomic mass is 9.90. The largest absolute Gasteiger partial charge is 0.484 e. The first-order valence-electron chi connectivity index (χ1n) is 15.6. The number of ether oxygens (including phenoxy) is 2. The molecule has 8 nitrogen and oxygen atoms in total. The number of benzene rings is 2. The Bertz CT molecular complexity index is 1710. The number of nitrogens with zero attached hydrogens (tertiary/aromatic N) is 2. The number of allylic oxidation sites excluding steroid dienone is 3. The quantitative estimate of drug-likeness (QED) is 0.204. The third kappa shape index (κ3) is 10.9. The number of halogens is 4. The number of fused-ring (bicyclic) bond motifs is 1. The molecule has 0 radical (unpaired) electrons. The van der Waals surface area contributed by atoms with E-state index in [0.29, 0.717) is 54.2 Å². The summed E-state index contributed by atoms with van der Waals surface area (Å²) in [6.07, 6.45) is 10.9. The molecule has 12 heteroatoms. The normalized spacial score (nSPS) is 19.3. The van der Waals surface area contributed by atoms with Gasteiger partial charge in [0.05, 0.1) is 6.54 Å². The third-order valence-electron chi connectivity index (χ3n) is 7.65. The second kappa shape index (κ2) is 17.3. The molecule has 3 aromatic rings. The van der Waals surface area contributed by atoms with Gasteiger partial charge in [0.25, 0.3) is 5.92 Å². The maximum Gasteiger partial charge on any atom is 0.250 e. The number of aldehydes is 1. The molecule has 3 aliphatic rings. The van der Waals surface area contributed by atoms with Crippen LogP contribution in [-0.2, 0) is 9.53 Å². The van der Waals surface area contributed by atoms with E-state index in [2.05, 4.69) is 10.3 Å². The van der Waals surface area contributed by atoms with Gasteiger partial charge < -0.3 is 25.4 Å². The van der Waals surface area contributed by atoms with Crippen LogP contribution >= 0.6 is 0 Å². The van der Waals surface area contributed by atoms with Crippen LogP contribution in [-0.4, -0.2) is 67.4 Å². The van der Waals surface area contributed by atoms with Gasteiger partial charge in [-0.3, -0.25) is 9.59 Å². The molecule has 1 fully saturated rings. The summed E-state index contributed by atoms with van der Waals surface area (Å²) < 4.78 is 64.7. The minimum absolute atomic E-state index is 0.0312. The van der Waals surface area contributed by atoms with Gasteiger partial charge in [0.15, 0.2) is 12.2 Å². The summed E-state index contributed by atoms with van der Waals surface area (Å²) in [6, 6.07) is 13.6. The van der Waals surface area contributed by atoms with Crippen LogP contribution in [0.1, 0.15) is 41.3 Å². The Morgan fingerprint density at radius 3 is 2.43 bits per heavy atom. The highest BCUT2D eigenvalue weighted by Gasteiger charge is 2.36. The fraction of sp³-hybridized carbons (Fsp3) is 0.270. The number of carbonyl (C=O) groups excluding carboxylic acids is 2. The van der Waals surface area contributed by atoms with Crippen molar-refractivity contribution in [3.63, 3.8) is 0 Å². The van der Waals surface area contributed by atoms with Crippen molar-refractivity contribution < 1.29 is 36.6 Å². The molecule has 1 saturated heterocycles. The highest BCUT2D eigenvalue weighted by Crippen LogP contribution is 2.36. The van der Waals surface area contributed by atoms with Crippen LogP contribution < -0.4 is 15.8 Å². The monoisotopic (exact) mass is 678 g/mol. The van der Waals surface area contributed by atoms with E-state index in [9.17, 15) is 27.2 Å². The second-order valence-electron chi connectivity index (χ2n) is 11.5. The molecular formula is C37H38F4N4O4. The van der Waals surface area contributed by atoms with Crippen LogP contribution in [0, 0.1) is 11.6 Å². The number of rotatable bonds is 8. The van der Waals surface area contributed by atoms with Crippen molar-refractivity contribution >= 4 is 30.2 Å². The Morgan fingerprint density at radius 1 is 1.06 bits per heavy atom. The van der Waals surface area contributed by atoms with Crippen LogP contribution in [0.5, 0.6) is 5.75 Å². The molecule has 1 aliphatic carbocycles. The number of nitrogens with one attached hydrogen (secondary N) is 1. The molecular weight excluding hydrogens is 640 g/mol. The van der Waals surface area contributed by atoms with Crippen molar-refractivity contribution in [1.82, 2.24) is 15.2 Å². The van der Waals surface area contributed by atoms with Crippen LogP contribution in [0.15, 0.2) is 96.4 Å². The standard InChI is InChI=1S/C23H17F2NO4.C8H10N2.C6H11F2N/c24-17-2-1-3-18(10-17)29-22-9-15(20-5-4-14(12-27)6-21(20)25)7-16-8-19(11-26-13-28)30-23(16)22;1-2-3-7-4-5-8(9)10-6-7;1-9-4-2-6(7,8)3-5-9/h1-10,12-13,22-23H,11H2,(H,26,28);2-6H,1H3,(H2,9,10);2-5H2,1H3/b;3-2+;. The van der Waals surface area contributed by atoms with Crippen molar-refractivity contribution in [2.45, 2.75) is 37.9 Å². The first kappa shape index (κ1) is 36.6. The summed E-state index contributed by atoms with van der Waals surface area (Å²) in [4.78, 5) is 27.3. The summed E-state index contributed by atoms with van der Waals surface area (Å²) in [5.74, 6) is -1.98. The average Bonchev–Trinajstić information content (AvgIpc) is 3.50. The van der Waals surface area contributed by atoms with E-state index < -0.39 is 29.8 Å². The van der Waals surface area contributed by atoms with E-state index in [1.807, 2.05) is 37.1 Å². The molecule has 1 amide bonds. The average molecular weight is 679 g/mol. The third-order valence-corrected chi connectivity index (χ3v) is 7.65. The maximum absolute atomic E-state index is 14.6. The van der Waals surface area contributed by atoms with Gasteiger partial charge in [0, 0.05) is 54.9 Å². The Balaban J connectivity index is 0.000000231. The van der Waals surface area contributed by atoms with Crippen molar-refractivity contribution in [1.29, 1.82) is 0 Å². The van der Waals surface area contributed by atoms with Gasteiger partial charge in [-0.05, 0) is 73.7 Å². The Morgan fingerprint density at radius 2 is 1.82 bits per heavy atom. The van der Waals surface area contributed by atoms with E-state index >= 15 is 0 Å². The minimum Gasteiger partial charge on any atom is -0.484 e. The number of hydrogen-bond acceptors (Lipinski definition) is 7. The van der Waals surface area contributed by atoms with Gasteiger partial charge in [-0.15, -0.1) is 0 Å². The van der Waals surface area contributed by atoms with Crippen LogP contribution in [0.4, 0.5) is 23.4 Å². The first-order valence-corrected chi connectivity index (χ1v) is 15.6. The molecule has 2 aliphatic heterocycles. The molecule has 3 N–H and O–H groups in total. The summed E-state index contributed by atoms with van der Waals surface area (Å²) in [5.41, 5.74) is 8.28. The van der Waals surface area contributed by atoms with E-state index in [0.717, 1.165) is 17.2 Å². The molecule has 0 bridgehead atoms. The summed E-state index contributed by atoms with van der Waals surface area (Å²) in [7, 11) is 1.87. The van der Waals surface area contributed by atoms with Gasteiger partial charge in [-0.1, -0.05) is 30.4 Å². The van der Waals surface area contributed by atoms with Crippen molar-refractivity contribution in [3.8, 4) is 5.75 Å². The lowest BCUT2D eigenvalue weighted by molar-refractivity contribution is -0.109. The van der Waals surface area contributed by atoms with E-state index in [1.165, 1.54) is 30.3 Å². The smallest absolute Gasteiger partial charge is 0.250 e.